The number of carbonyl (C=O) groups is 2. The fourth-order valence-electron chi connectivity index (χ4n) is 2.98. The molecule has 1 N–H and O–H groups in total. The molecule has 5 nitrogen and oxygen atoms in total. The summed E-state index contributed by atoms with van der Waals surface area (Å²) in [6, 6.07) is 14.2. The maximum Gasteiger partial charge on any atom is 0.335 e. The van der Waals surface area contributed by atoms with Gasteiger partial charge in [-0.05, 0) is 30.3 Å². The predicted molar refractivity (Wildman–Crippen MR) is 97.1 cm³/mol. The van der Waals surface area contributed by atoms with E-state index in [0.717, 1.165) is 37.3 Å². The lowest BCUT2D eigenvalue weighted by atomic mass is 10.0. The standard InChI is InChI=1S/C20H22N2O3/c1-21-9-11-22(12-10-21)14-19(23)16-7-5-15(6-8-16)17-3-2-4-18(13-17)20(24)25/h2-8,13H,9-12,14H2,1H3,(H,24,25). The monoisotopic (exact) mass is 338 g/mol. The van der Waals surface area contributed by atoms with Gasteiger partial charge in [-0.15, -0.1) is 0 Å². The van der Waals surface area contributed by atoms with Crippen molar-refractivity contribution in [3.05, 3.63) is 59.7 Å². The Balaban J connectivity index is 1.68. The van der Waals surface area contributed by atoms with Gasteiger partial charge in [0, 0.05) is 31.7 Å². The maximum atomic E-state index is 12.5. The number of rotatable bonds is 5. The Morgan fingerprint density at radius 2 is 1.60 bits per heavy atom. The van der Waals surface area contributed by atoms with Crippen LogP contribution in [0.2, 0.25) is 0 Å². The SMILES string of the molecule is CN1CCN(CC(=O)c2ccc(-c3cccc(C(=O)O)c3)cc2)CC1. The summed E-state index contributed by atoms with van der Waals surface area (Å²) in [5.41, 5.74) is 2.68. The minimum atomic E-state index is -0.944. The number of carboxylic acid groups (broad SMARTS) is 1. The van der Waals surface area contributed by atoms with E-state index in [0.29, 0.717) is 12.1 Å². The van der Waals surface area contributed by atoms with Crippen molar-refractivity contribution in [2.75, 3.05) is 39.8 Å². The zero-order valence-corrected chi connectivity index (χ0v) is 14.3. The van der Waals surface area contributed by atoms with E-state index in [1.54, 1.807) is 18.2 Å². The van der Waals surface area contributed by atoms with Gasteiger partial charge in [0.1, 0.15) is 0 Å². The Hall–Kier alpha value is -2.50. The van der Waals surface area contributed by atoms with E-state index in [-0.39, 0.29) is 11.3 Å². The van der Waals surface area contributed by atoms with Crippen LogP contribution in [0.15, 0.2) is 48.5 Å². The molecule has 1 saturated heterocycles. The zero-order valence-electron chi connectivity index (χ0n) is 14.3. The van der Waals surface area contributed by atoms with Gasteiger partial charge in [0.15, 0.2) is 5.78 Å². The Morgan fingerprint density at radius 3 is 2.24 bits per heavy atom. The van der Waals surface area contributed by atoms with Gasteiger partial charge in [-0.2, -0.15) is 0 Å². The lowest BCUT2D eigenvalue weighted by Gasteiger charge is -2.31. The minimum absolute atomic E-state index is 0.121. The normalized spacial score (nSPS) is 15.9. The second kappa shape index (κ2) is 7.59. The molecule has 0 saturated carbocycles. The Kier molecular flexibility index (Phi) is 5.26. The van der Waals surface area contributed by atoms with Crippen LogP contribution < -0.4 is 0 Å². The second-order valence-corrected chi connectivity index (χ2v) is 6.47. The minimum Gasteiger partial charge on any atom is -0.478 e. The molecule has 0 unspecified atom stereocenters. The van der Waals surface area contributed by atoms with Gasteiger partial charge in [0.2, 0.25) is 0 Å². The van der Waals surface area contributed by atoms with Crippen LogP contribution in [-0.4, -0.2) is 66.4 Å². The average Bonchev–Trinajstić information content (AvgIpc) is 2.64. The van der Waals surface area contributed by atoms with Crippen LogP contribution in [-0.2, 0) is 0 Å². The molecule has 0 aliphatic carbocycles. The largest absolute Gasteiger partial charge is 0.478 e. The van der Waals surface area contributed by atoms with E-state index in [2.05, 4.69) is 16.8 Å². The van der Waals surface area contributed by atoms with Gasteiger partial charge in [0.05, 0.1) is 12.1 Å². The number of hydrogen-bond acceptors (Lipinski definition) is 4. The number of carboxylic acids is 1. The van der Waals surface area contributed by atoms with Crippen LogP contribution in [0.1, 0.15) is 20.7 Å². The fraction of sp³-hybridized carbons (Fsp3) is 0.300. The van der Waals surface area contributed by atoms with Gasteiger partial charge < -0.3 is 10.0 Å². The Bertz CT molecular complexity index is 763. The summed E-state index contributed by atoms with van der Waals surface area (Å²) in [5.74, 6) is -0.823. The number of nitrogens with zero attached hydrogens (tertiary/aromatic N) is 2. The van der Waals surface area contributed by atoms with E-state index < -0.39 is 5.97 Å². The number of carbonyl (C=O) groups excluding carboxylic acids is 1. The van der Waals surface area contributed by atoms with Crippen molar-refractivity contribution in [1.29, 1.82) is 0 Å². The molecule has 0 aromatic heterocycles. The summed E-state index contributed by atoms with van der Waals surface area (Å²) < 4.78 is 0. The first kappa shape index (κ1) is 17.3. The molecule has 0 atom stereocenters. The summed E-state index contributed by atoms with van der Waals surface area (Å²) in [4.78, 5) is 28.0. The van der Waals surface area contributed by atoms with E-state index >= 15 is 0 Å². The molecule has 1 aliphatic heterocycles. The van der Waals surface area contributed by atoms with Gasteiger partial charge in [-0.3, -0.25) is 9.69 Å². The van der Waals surface area contributed by atoms with Crippen LogP contribution in [0.3, 0.4) is 0 Å². The van der Waals surface area contributed by atoms with E-state index in [4.69, 9.17) is 5.11 Å². The van der Waals surface area contributed by atoms with Gasteiger partial charge in [-0.25, -0.2) is 4.79 Å². The molecular formula is C20H22N2O3. The van der Waals surface area contributed by atoms with E-state index in [1.165, 1.54) is 0 Å². The molecule has 0 bridgehead atoms. The number of benzene rings is 2. The fourth-order valence-corrected chi connectivity index (χ4v) is 2.98. The van der Waals surface area contributed by atoms with Crippen LogP contribution in [0, 0.1) is 0 Å². The number of hydrogen-bond donors (Lipinski definition) is 1. The van der Waals surface area contributed by atoms with Crippen molar-refractivity contribution in [2.45, 2.75) is 0 Å². The zero-order chi connectivity index (χ0) is 17.8. The van der Waals surface area contributed by atoms with Crippen molar-refractivity contribution in [1.82, 2.24) is 9.80 Å². The third-order valence-corrected chi connectivity index (χ3v) is 4.61. The molecule has 2 aromatic rings. The molecule has 0 spiro atoms. The third-order valence-electron chi connectivity index (χ3n) is 4.61. The van der Waals surface area contributed by atoms with Crippen molar-refractivity contribution in [3.8, 4) is 11.1 Å². The molecule has 1 aliphatic rings. The smallest absolute Gasteiger partial charge is 0.335 e. The molecule has 1 fully saturated rings. The lowest BCUT2D eigenvalue weighted by Crippen LogP contribution is -2.46. The summed E-state index contributed by atoms with van der Waals surface area (Å²) in [7, 11) is 2.09. The van der Waals surface area contributed by atoms with E-state index in [1.807, 2.05) is 30.3 Å². The molecule has 0 amide bonds. The summed E-state index contributed by atoms with van der Waals surface area (Å²) in [6.07, 6.45) is 0. The molecule has 2 aromatic carbocycles. The number of piperazine rings is 1. The number of aromatic carboxylic acids is 1. The second-order valence-electron chi connectivity index (χ2n) is 6.47. The first-order valence-electron chi connectivity index (χ1n) is 8.41. The molecule has 1 heterocycles. The lowest BCUT2D eigenvalue weighted by molar-refractivity contribution is 0.0696. The molecule has 3 rings (SSSR count). The quantitative estimate of drug-likeness (QED) is 0.849. The summed E-state index contributed by atoms with van der Waals surface area (Å²) in [6.45, 7) is 4.27. The van der Waals surface area contributed by atoms with Crippen molar-refractivity contribution in [3.63, 3.8) is 0 Å². The molecule has 5 heteroatoms. The summed E-state index contributed by atoms with van der Waals surface area (Å²) >= 11 is 0. The highest BCUT2D eigenvalue weighted by Crippen LogP contribution is 2.21. The first-order valence-corrected chi connectivity index (χ1v) is 8.41. The first-order chi connectivity index (χ1) is 12.0. The molecule has 130 valence electrons. The van der Waals surface area contributed by atoms with Crippen molar-refractivity contribution >= 4 is 11.8 Å². The molecule has 25 heavy (non-hydrogen) atoms. The van der Waals surface area contributed by atoms with Crippen LogP contribution in [0.25, 0.3) is 11.1 Å². The van der Waals surface area contributed by atoms with Crippen molar-refractivity contribution in [2.24, 2.45) is 0 Å². The van der Waals surface area contributed by atoms with Gasteiger partial charge in [-0.1, -0.05) is 36.4 Å². The Labute approximate surface area is 147 Å². The highest BCUT2D eigenvalue weighted by Gasteiger charge is 2.17. The number of likely N-dealkylation sites (N-methyl/N-ethyl adjacent to an activating group) is 1. The number of Topliss-reactive ketones (excluding diaryl/α,β-unsaturated/α-hetero) is 1. The van der Waals surface area contributed by atoms with Crippen LogP contribution >= 0.6 is 0 Å². The third kappa shape index (κ3) is 4.32. The maximum absolute atomic E-state index is 12.5. The van der Waals surface area contributed by atoms with Gasteiger partial charge >= 0.3 is 5.97 Å². The predicted octanol–water partition coefficient (Wildman–Crippen LogP) is 2.48. The Morgan fingerprint density at radius 1 is 0.920 bits per heavy atom. The van der Waals surface area contributed by atoms with Crippen LogP contribution in [0.5, 0.6) is 0 Å². The van der Waals surface area contributed by atoms with Crippen LogP contribution in [0.4, 0.5) is 0 Å². The highest BCUT2D eigenvalue weighted by molar-refractivity contribution is 5.98. The highest BCUT2D eigenvalue weighted by atomic mass is 16.4. The van der Waals surface area contributed by atoms with E-state index in [9.17, 15) is 9.59 Å². The average molecular weight is 338 g/mol. The topological polar surface area (TPSA) is 60.9 Å². The van der Waals surface area contributed by atoms with Crippen molar-refractivity contribution < 1.29 is 14.7 Å². The number of ketones is 1. The molecular weight excluding hydrogens is 316 g/mol. The molecule has 0 radical (unpaired) electrons. The summed E-state index contributed by atoms with van der Waals surface area (Å²) in [5, 5.41) is 9.09. The van der Waals surface area contributed by atoms with Gasteiger partial charge in [0.25, 0.3) is 0 Å².